The fourth-order valence-electron chi connectivity index (χ4n) is 2.51. The van der Waals surface area contributed by atoms with Gasteiger partial charge in [-0.05, 0) is 37.2 Å². The number of benzene rings is 2. The van der Waals surface area contributed by atoms with E-state index in [0.29, 0.717) is 35.3 Å². The summed E-state index contributed by atoms with van der Waals surface area (Å²) in [7, 11) is 0. The first-order chi connectivity index (χ1) is 14.3. The molecule has 0 heterocycles. The van der Waals surface area contributed by atoms with Crippen LogP contribution in [0.15, 0.2) is 42.5 Å². The number of likely N-dealkylation sites (N-methyl/N-ethyl adjacent to an activating group) is 1. The lowest BCUT2D eigenvalue weighted by molar-refractivity contribution is -0.134. The Morgan fingerprint density at radius 1 is 1.10 bits per heavy atom. The molecule has 0 unspecified atom stereocenters. The second kappa shape index (κ2) is 13.9. The molecule has 164 valence electrons. The Balaban J connectivity index is 0.00000103. The number of carbonyl (C=O) groups is 2. The van der Waals surface area contributed by atoms with Gasteiger partial charge in [-0.25, -0.2) is 4.79 Å². The average Bonchev–Trinajstić information content (AvgIpc) is 2.72. The zero-order chi connectivity index (χ0) is 22.5. The van der Waals surface area contributed by atoms with Crippen LogP contribution in [0.3, 0.4) is 0 Å². The number of anilines is 1. The number of hydrogen-bond acceptors (Lipinski definition) is 5. The molecule has 0 bridgehead atoms. The molecule has 0 aliphatic heterocycles. The van der Waals surface area contributed by atoms with Crippen LogP contribution >= 0.6 is 23.2 Å². The van der Waals surface area contributed by atoms with Crippen molar-refractivity contribution in [2.24, 2.45) is 0 Å². The Labute approximate surface area is 187 Å². The monoisotopic (exact) mass is 454 g/mol. The number of nitrogens with one attached hydrogen (secondary N) is 1. The van der Waals surface area contributed by atoms with Crippen LogP contribution in [0.1, 0.15) is 29.8 Å². The van der Waals surface area contributed by atoms with E-state index >= 15 is 0 Å². The van der Waals surface area contributed by atoms with Crippen LogP contribution in [0.4, 0.5) is 5.69 Å². The van der Waals surface area contributed by atoms with E-state index < -0.39 is 5.97 Å². The Hall–Kier alpha value is -2.28. The molecule has 0 radical (unpaired) electrons. The van der Waals surface area contributed by atoms with Crippen molar-refractivity contribution in [3.8, 4) is 0 Å². The molecule has 0 aliphatic rings. The van der Waals surface area contributed by atoms with Gasteiger partial charge in [-0.3, -0.25) is 9.69 Å². The number of hydrogen-bond donors (Lipinski definition) is 2. The number of carboxylic acids is 1. The van der Waals surface area contributed by atoms with Gasteiger partial charge in [0.15, 0.2) is 0 Å². The SMILES string of the molecule is CC(=O)O.CCN(CCNc1c(Cl)ccc(C)c1Cl)CCOC(=O)c1ccccc1. The minimum absolute atomic E-state index is 0.293. The molecule has 0 atom stereocenters. The first-order valence-electron chi connectivity index (χ1n) is 9.58. The van der Waals surface area contributed by atoms with Gasteiger partial charge in [0.05, 0.1) is 21.3 Å². The number of aryl methyl sites for hydroxylation is 1. The zero-order valence-corrected chi connectivity index (χ0v) is 19.0. The van der Waals surface area contributed by atoms with Crippen molar-refractivity contribution in [2.45, 2.75) is 20.8 Å². The largest absolute Gasteiger partial charge is 0.481 e. The molecule has 0 aromatic heterocycles. The molecule has 6 nitrogen and oxygen atoms in total. The molecule has 2 N–H and O–H groups in total. The van der Waals surface area contributed by atoms with E-state index in [1.165, 1.54) is 0 Å². The smallest absolute Gasteiger partial charge is 0.338 e. The van der Waals surface area contributed by atoms with Gasteiger partial charge in [-0.1, -0.05) is 54.4 Å². The summed E-state index contributed by atoms with van der Waals surface area (Å²) >= 11 is 12.5. The number of esters is 1. The van der Waals surface area contributed by atoms with Crippen LogP contribution in [0.25, 0.3) is 0 Å². The second-order valence-corrected chi connectivity index (χ2v) is 7.22. The van der Waals surface area contributed by atoms with E-state index in [0.717, 1.165) is 31.3 Å². The van der Waals surface area contributed by atoms with Crippen molar-refractivity contribution in [1.82, 2.24) is 4.90 Å². The molecule has 0 saturated heterocycles. The minimum atomic E-state index is -0.833. The number of carbonyl (C=O) groups excluding carboxylic acids is 1. The van der Waals surface area contributed by atoms with Crippen LogP contribution in [-0.4, -0.2) is 54.7 Å². The maximum absolute atomic E-state index is 11.9. The van der Waals surface area contributed by atoms with Gasteiger partial charge >= 0.3 is 5.97 Å². The average molecular weight is 455 g/mol. The van der Waals surface area contributed by atoms with E-state index in [2.05, 4.69) is 17.1 Å². The highest BCUT2D eigenvalue weighted by atomic mass is 35.5. The summed E-state index contributed by atoms with van der Waals surface area (Å²) in [6.45, 7) is 8.48. The maximum Gasteiger partial charge on any atom is 0.338 e. The standard InChI is InChI=1S/C20H24Cl2N2O2.C2H4O2/c1-3-24(13-14-26-20(25)16-7-5-4-6-8-16)12-11-23-19-17(21)10-9-15(2)18(19)22;1-2(3)4/h4-10,23H,3,11-14H2,1-2H3;1H3,(H,3,4). The Morgan fingerprint density at radius 3 is 2.33 bits per heavy atom. The van der Waals surface area contributed by atoms with Crippen LogP contribution in [0.5, 0.6) is 0 Å². The van der Waals surface area contributed by atoms with Gasteiger partial charge in [0.25, 0.3) is 5.97 Å². The van der Waals surface area contributed by atoms with E-state index in [1.54, 1.807) is 12.1 Å². The van der Waals surface area contributed by atoms with Crippen LogP contribution in [-0.2, 0) is 9.53 Å². The summed E-state index contributed by atoms with van der Waals surface area (Å²) in [5.41, 5.74) is 2.32. The lowest BCUT2D eigenvalue weighted by atomic mass is 10.2. The van der Waals surface area contributed by atoms with Crippen molar-refractivity contribution in [2.75, 3.05) is 38.1 Å². The first-order valence-corrected chi connectivity index (χ1v) is 10.3. The third kappa shape index (κ3) is 9.48. The number of ether oxygens (including phenoxy) is 1. The molecule has 0 amide bonds. The summed E-state index contributed by atoms with van der Waals surface area (Å²) in [4.78, 5) is 23.1. The van der Waals surface area contributed by atoms with Gasteiger partial charge < -0.3 is 15.2 Å². The summed E-state index contributed by atoms with van der Waals surface area (Å²) < 4.78 is 5.34. The highest BCUT2D eigenvalue weighted by molar-refractivity contribution is 6.39. The molecule has 0 fully saturated rings. The molecule has 0 saturated carbocycles. The summed E-state index contributed by atoms with van der Waals surface area (Å²) in [5, 5.41) is 12.0. The Kier molecular flexibility index (Phi) is 11.9. The maximum atomic E-state index is 11.9. The number of halogens is 2. The third-order valence-corrected chi connectivity index (χ3v) is 4.91. The van der Waals surface area contributed by atoms with Crippen LogP contribution in [0.2, 0.25) is 10.0 Å². The van der Waals surface area contributed by atoms with Crippen molar-refractivity contribution in [1.29, 1.82) is 0 Å². The first kappa shape index (κ1) is 25.8. The van der Waals surface area contributed by atoms with Crippen molar-refractivity contribution < 1.29 is 19.4 Å². The molecule has 0 aliphatic carbocycles. The summed E-state index contributed by atoms with van der Waals surface area (Å²) in [5.74, 6) is -1.13. The highest BCUT2D eigenvalue weighted by Crippen LogP contribution is 2.32. The Morgan fingerprint density at radius 2 is 1.73 bits per heavy atom. The zero-order valence-electron chi connectivity index (χ0n) is 17.5. The van der Waals surface area contributed by atoms with Gasteiger partial charge in [0, 0.05) is 26.6 Å². The molecule has 2 rings (SSSR count). The normalized spacial score (nSPS) is 10.2. The number of rotatable bonds is 9. The van der Waals surface area contributed by atoms with E-state index in [9.17, 15) is 4.79 Å². The van der Waals surface area contributed by atoms with Gasteiger partial charge in [0.1, 0.15) is 6.61 Å². The molecule has 0 spiro atoms. The summed E-state index contributed by atoms with van der Waals surface area (Å²) in [6.07, 6.45) is 0. The number of aliphatic carboxylic acids is 1. The van der Waals surface area contributed by atoms with Gasteiger partial charge in [-0.15, -0.1) is 0 Å². The Bertz CT molecular complexity index is 812. The quantitative estimate of drug-likeness (QED) is 0.519. The predicted molar refractivity (Wildman–Crippen MR) is 122 cm³/mol. The van der Waals surface area contributed by atoms with Gasteiger partial charge in [0.2, 0.25) is 0 Å². The highest BCUT2D eigenvalue weighted by Gasteiger charge is 2.10. The fraction of sp³-hybridized carbons (Fsp3) is 0.364. The second-order valence-electron chi connectivity index (χ2n) is 6.44. The van der Waals surface area contributed by atoms with Gasteiger partial charge in [-0.2, -0.15) is 0 Å². The molecular formula is C22H28Cl2N2O4. The molecule has 30 heavy (non-hydrogen) atoms. The van der Waals surface area contributed by atoms with Crippen LogP contribution in [0, 0.1) is 6.92 Å². The third-order valence-electron chi connectivity index (χ3n) is 4.11. The van der Waals surface area contributed by atoms with E-state index in [1.807, 2.05) is 37.3 Å². The van der Waals surface area contributed by atoms with Crippen molar-refractivity contribution in [3.63, 3.8) is 0 Å². The molecule has 8 heteroatoms. The fourth-order valence-corrected chi connectivity index (χ4v) is 3.02. The lowest BCUT2D eigenvalue weighted by Crippen LogP contribution is -2.32. The topological polar surface area (TPSA) is 78.9 Å². The summed E-state index contributed by atoms with van der Waals surface area (Å²) in [6, 6.07) is 12.7. The lowest BCUT2D eigenvalue weighted by Gasteiger charge is -2.21. The predicted octanol–water partition coefficient (Wildman–Crippen LogP) is 4.98. The molecular weight excluding hydrogens is 427 g/mol. The van der Waals surface area contributed by atoms with E-state index in [4.69, 9.17) is 37.8 Å². The van der Waals surface area contributed by atoms with Crippen LogP contribution < -0.4 is 5.32 Å². The number of nitrogens with zero attached hydrogens (tertiary/aromatic N) is 1. The van der Waals surface area contributed by atoms with Crippen molar-refractivity contribution in [3.05, 3.63) is 63.6 Å². The molecule has 2 aromatic carbocycles. The van der Waals surface area contributed by atoms with E-state index in [-0.39, 0.29) is 5.97 Å². The minimum Gasteiger partial charge on any atom is -0.481 e. The van der Waals surface area contributed by atoms with Crippen molar-refractivity contribution >= 4 is 40.8 Å². The number of carboxylic acid groups (broad SMARTS) is 1. The molecule has 2 aromatic rings.